The van der Waals surface area contributed by atoms with Crippen molar-refractivity contribution in [2.24, 2.45) is 5.92 Å². The van der Waals surface area contributed by atoms with Crippen LogP contribution in [0.5, 0.6) is 0 Å². The fraction of sp³-hybridized carbons (Fsp3) is 0.719. The first-order valence-corrected chi connectivity index (χ1v) is 16.3. The maximum absolute atomic E-state index is 13.4. The number of thioether (sulfide) groups is 1. The van der Waals surface area contributed by atoms with E-state index in [1.165, 1.54) is 36.8 Å². The number of hydrogen-bond acceptors (Lipinski definition) is 4. The minimum atomic E-state index is -0.261. The first kappa shape index (κ1) is 31.5. The fourth-order valence-electron chi connectivity index (χ4n) is 5.78. The third-order valence-electron chi connectivity index (χ3n) is 8.41. The molecule has 2 aliphatic rings. The molecule has 2 saturated heterocycles. The number of amides is 3. The largest absolute Gasteiger partial charge is 0.342 e. The van der Waals surface area contributed by atoms with Crippen LogP contribution in [-0.4, -0.2) is 75.8 Å². The van der Waals surface area contributed by atoms with E-state index in [1.54, 1.807) is 11.8 Å². The van der Waals surface area contributed by atoms with E-state index in [1.807, 2.05) is 21.9 Å². The average molecular weight is 558 g/mol. The van der Waals surface area contributed by atoms with Crippen LogP contribution in [0.2, 0.25) is 0 Å². The minimum absolute atomic E-state index is 0.0873. The van der Waals surface area contributed by atoms with Crippen LogP contribution >= 0.6 is 11.8 Å². The second kappa shape index (κ2) is 16.3. The zero-order valence-corrected chi connectivity index (χ0v) is 25.6. The van der Waals surface area contributed by atoms with Gasteiger partial charge in [0.1, 0.15) is 0 Å². The predicted molar refractivity (Wildman–Crippen MR) is 162 cm³/mol. The molecule has 6 nitrogen and oxygen atoms in total. The number of unbranched alkanes of at least 4 members (excludes halogenated alkanes) is 4. The predicted octanol–water partition coefficient (Wildman–Crippen LogP) is 6.05. The molecule has 3 rings (SSSR count). The summed E-state index contributed by atoms with van der Waals surface area (Å²) in [6.45, 7) is 11.5. The Bertz CT molecular complexity index is 916. The molecule has 0 N–H and O–H groups in total. The number of rotatable bonds is 16. The number of carbonyl (C=O) groups is 3. The molecule has 39 heavy (non-hydrogen) atoms. The summed E-state index contributed by atoms with van der Waals surface area (Å²) in [6, 6.07) is 8.49. The molecule has 0 spiro atoms. The molecule has 3 amide bonds. The second-order valence-electron chi connectivity index (χ2n) is 11.8. The zero-order chi connectivity index (χ0) is 28.2. The van der Waals surface area contributed by atoms with Crippen LogP contribution in [0.25, 0.3) is 0 Å². The Hall–Kier alpha value is -2.02. The maximum atomic E-state index is 13.4. The summed E-state index contributed by atoms with van der Waals surface area (Å²) in [4.78, 5) is 44.4. The van der Waals surface area contributed by atoms with E-state index in [0.29, 0.717) is 32.0 Å². The number of piperidine rings is 1. The van der Waals surface area contributed by atoms with E-state index in [0.717, 1.165) is 51.5 Å². The SMILES string of the molecule is CCCCCCCC1SC(CC(=O)N2CCC(N(C=O)CCc3ccccc3C)CC2)C(=O)N1CCC(C)C. The molecule has 2 unspecified atom stereocenters. The Morgan fingerprint density at radius 3 is 2.51 bits per heavy atom. The van der Waals surface area contributed by atoms with E-state index in [-0.39, 0.29) is 28.5 Å². The van der Waals surface area contributed by atoms with E-state index < -0.39 is 0 Å². The van der Waals surface area contributed by atoms with Gasteiger partial charge in [0.2, 0.25) is 18.2 Å². The standard InChI is InChI=1S/C32H51N3O3S/c1-5-6-7-8-9-14-31-35(22-15-25(2)3)32(38)29(39-31)23-30(37)33-20-17-28(18-21-33)34(24-36)19-16-27-13-11-10-12-26(27)4/h10-13,24-25,28-29,31H,5-9,14-23H2,1-4H3. The summed E-state index contributed by atoms with van der Waals surface area (Å²) >= 11 is 1.72. The van der Waals surface area contributed by atoms with Crippen LogP contribution in [0.1, 0.15) is 96.1 Å². The van der Waals surface area contributed by atoms with Crippen LogP contribution in [0.4, 0.5) is 0 Å². The molecule has 218 valence electrons. The van der Waals surface area contributed by atoms with Gasteiger partial charge in [-0.25, -0.2) is 0 Å². The van der Waals surface area contributed by atoms with Gasteiger partial charge < -0.3 is 14.7 Å². The summed E-state index contributed by atoms with van der Waals surface area (Å²) in [5, 5.41) is -0.0561. The molecule has 2 fully saturated rings. The Morgan fingerprint density at radius 1 is 1.13 bits per heavy atom. The monoisotopic (exact) mass is 557 g/mol. The van der Waals surface area contributed by atoms with Crippen LogP contribution in [0, 0.1) is 12.8 Å². The normalized spacial score (nSPS) is 20.2. The summed E-state index contributed by atoms with van der Waals surface area (Å²) < 4.78 is 0. The molecule has 0 bridgehead atoms. The van der Waals surface area contributed by atoms with Crippen molar-refractivity contribution in [1.82, 2.24) is 14.7 Å². The molecular weight excluding hydrogens is 506 g/mol. The van der Waals surface area contributed by atoms with Gasteiger partial charge in [0, 0.05) is 38.6 Å². The molecule has 0 radical (unpaired) electrons. The van der Waals surface area contributed by atoms with Gasteiger partial charge in [-0.15, -0.1) is 11.8 Å². The maximum Gasteiger partial charge on any atom is 0.237 e. The lowest BCUT2D eigenvalue weighted by atomic mass is 10.0. The Labute approximate surface area is 241 Å². The van der Waals surface area contributed by atoms with Gasteiger partial charge in [0.15, 0.2) is 0 Å². The van der Waals surface area contributed by atoms with Crippen LogP contribution in [0.15, 0.2) is 24.3 Å². The Balaban J connectivity index is 1.48. The van der Waals surface area contributed by atoms with Crippen molar-refractivity contribution in [2.75, 3.05) is 26.2 Å². The van der Waals surface area contributed by atoms with E-state index >= 15 is 0 Å². The smallest absolute Gasteiger partial charge is 0.237 e. The van der Waals surface area contributed by atoms with Crippen LogP contribution in [0.3, 0.4) is 0 Å². The highest BCUT2D eigenvalue weighted by atomic mass is 32.2. The molecule has 0 aliphatic carbocycles. The number of nitrogens with zero attached hydrogens (tertiary/aromatic N) is 3. The van der Waals surface area contributed by atoms with E-state index in [4.69, 9.17) is 0 Å². The van der Waals surface area contributed by atoms with Gasteiger partial charge in [0.25, 0.3) is 0 Å². The fourth-order valence-corrected chi connectivity index (χ4v) is 7.31. The number of carbonyl (C=O) groups excluding carboxylic acids is 3. The summed E-state index contributed by atoms with van der Waals surface area (Å²) in [7, 11) is 0. The van der Waals surface area contributed by atoms with Crippen molar-refractivity contribution in [1.29, 1.82) is 0 Å². The quantitative estimate of drug-likeness (QED) is 0.183. The average Bonchev–Trinajstić information content (AvgIpc) is 3.22. The van der Waals surface area contributed by atoms with Crippen LogP contribution < -0.4 is 0 Å². The first-order chi connectivity index (χ1) is 18.8. The number of aryl methyl sites for hydroxylation is 1. The Morgan fingerprint density at radius 2 is 1.85 bits per heavy atom. The lowest BCUT2D eigenvalue weighted by molar-refractivity contribution is -0.137. The molecule has 0 aromatic heterocycles. The molecule has 1 aromatic carbocycles. The third kappa shape index (κ3) is 9.54. The lowest BCUT2D eigenvalue weighted by Gasteiger charge is -2.37. The lowest BCUT2D eigenvalue weighted by Crippen LogP contribution is -2.47. The van der Waals surface area contributed by atoms with Crippen molar-refractivity contribution in [3.63, 3.8) is 0 Å². The molecule has 1 aromatic rings. The van der Waals surface area contributed by atoms with Crippen LogP contribution in [-0.2, 0) is 20.8 Å². The zero-order valence-electron chi connectivity index (χ0n) is 24.8. The third-order valence-corrected chi connectivity index (χ3v) is 9.91. The Kier molecular flexibility index (Phi) is 13.2. The molecule has 2 aliphatic heterocycles. The van der Waals surface area contributed by atoms with Crippen molar-refractivity contribution in [3.8, 4) is 0 Å². The minimum Gasteiger partial charge on any atom is -0.342 e. The van der Waals surface area contributed by atoms with Gasteiger partial charge >= 0.3 is 0 Å². The molecule has 2 atom stereocenters. The highest BCUT2D eigenvalue weighted by Crippen LogP contribution is 2.37. The van der Waals surface area contributed by atoms with Gasteiger partial charge in [-0.1, -0.05) is 77.1 Å². The van der Waals surface area contributed by atoms with Crippen molar-refractivity contribution in [2.45, 2.75) is 115 Å². The topological polar surface area (TPSA) is 60.9 Å². The van der Waals surface area contributed by atoms with Gasteiger partial charge in [0.05, 0.1) is 10.6 Å². The molecule has 2 heterocycles. The number of benzene rings is 1. The van der Waals surface area contributed by atoms with Crippen molar-refractivity contribution >= 4 is 30.0 Å². The van der Waals surface area contributed by atoms with Crippen molar-refractivity contribution in [3.05, 3.63) is 35.4 Å². The molecular formula is C32H51N3O3S. The molecule has 0 saturated carbocycles. The van der Waals surface area contributed by atoms with Crippen molar-refractivity contribution < 1.29 is 14.4 Å². The van der Waals surface area contributed by atoms with E-state index in [9.17, 15) is 14.4 Å². The first-order valence-electron chi connectivity index (χ1n) is 15.3. The highest BCUT2D eigenvalue weighted by molar-refractivity contribution is 8.01. The summed E-state index contributed by atoms with van der Waals surface area (Å²) in [5.74, 6) is 0.799. The summed E-state index contributed by atoms with van der Waals surface area (Å²) in [5.41, 5.74) is 2.53. The van der Waals surface area contributed by atoms with Gasteiger partial charge in [-0.05, 0) is 56.1 Å². The van der Waals surface area contributed by atoms with Gasteiger partial charge in [-0.3, -0.25) is 14.4 Å². The number of hydrogen-bond donors (Lipinski definition) is 0. The summed E-state index contributed by atoms with van der Waals surface area (Å²) in [6.07, 6.45) is 11.9. The number of likely N-dealkylation sites (tertiary alicyclic amines) is 1. The highest BCUT2D eigenvalue weighted by Gasteiger charge is 2.41. The molecule has 7 heteroatoms. The second-order valence-corrected chi connectivity index (χ2v) is 13.2. The van der Waals surface area contributed by atoms with Gasteiger partial charge in [-0.2, -0.15) is 0 Å². The van der Waals surface area contributed by atoms with E-state index in [2.05, 4.69) is 44.7 Å².